The largest absolute Gasteiger partial charge is 0.356 e. The van der Waals surface area contributed by atoms with Gasteiger partial charge in [0.05, 0.1) is 12.3 Å². The minimum atomic E-state index is -0.207. The van der Waals surface area contributed by atoms with Crippen molar-refractivity contribution in [3.8, 4) is 0 Å². The number of hydrogen-bond acceptors (Lipinski definition) is 7. The molecule has 7 atom stereocenters. The van der Waals surface area contributed by atoms with Crippen molar-refractivity contribution in [3.63, 3.8) is 0 Å². The molecule has 7 unspecified atom stereocenters. The zero-order chi connectivity index (χ0) is 25.0. The molecule has 6 N–H and O–H groups in total. The molecule has 11 heteroatoms. The fourth-order valence-electron chi connectivity index (χ4n) is 5.87. The Balaban J connectivity index is 1.13. The molecule has 200 valence electrons. The molecule has 0 radical (unpaired) electrons. The van der Waals surface area contributed by atoms with Crippen LogP contribution in [0.3, 0.4) is 0 Å². The first-order valence-electron chi connectivity index (χ1n) is 13.2. The number of hydroxylamine groups is 1. The van der Waals surface area contributed by atoms with E-state index in [4.69, 9.17) is 28.0 Å². The molecule has 0 bridgehead atoms. The molecule has 4 rings (SSSR count). The van der Waals surface area contributed by atoms with Crippen LogP contribution in [0.2, 0.25) is 0 Å². The Labute approximate surface area is 218 Å². The number of alkyl halides is 2. The predicted molar refractivity (Wildman–Crippen MR) is 136 cm³/mol. The number of carbonyl (C=O) groups excluding carboxylic acids is 2. The summed E-state index contributed by atoms with van der Waals surface area (Å²) in [6, 6.07) is 0. The molecule has 0 aromatic heterocycles. The first kappa shape index (κ1) is 27.4. The highest BCUT2D eigenvalue weighted by molar-refractivity contribution is 6.23. The smallest absolute Gasteiger partial charge is 0.237 e. The Hall–Kier alpha value is -0.680. The fraction of sp³-hybridized carbons (Fsp3) is 0.917. The monoisotopic (exact) mass is 532 g/mol. The quantitative estimate of drug-likeness (QED) is 0.252. The molecule has 4 fully saturated rings. The first-order chi connectivity index (χ1) is 16.7. The number of amides is 2. The lowest BCUT2D eigenvalue weighted by Gasteiger charge is -2.42. The lowest BCUT2D eigenvalue weighted by atomic mass is 9.76. The standard InChI is InChI=1S/C24H42Cl2N6O3/c1-24(2,13-28-22-17-5-3-4-6-18(17)23(34)31-30-22)12-27-19(33)7-8-20-29-21(32-35-20)14-9-15(25)11-16(26)10-14/h14-18,20-22,28-30,32H,3-13H2,1-2H3,(H,27,33)(H,31,34). The Morgan fingerprint density at radius 3 is 2.63 bits per heavy atom. The maximum atomic E-state index is 12.5. The van der Waals surface area contributed by atoms with Crippen LogP contribution in [-0.2, 0) is 14.4 Å². The number of rotatable bonds is 9. The number of fused-ring (bicyclic) bond motifs is 1. The zero-order valence-corrected chi connectivity index (χ0v) is 22.4. The van der Waals surface area contributed by atoms with Gasteiger partial charge in [-0.25, -0.2) is 5.43 Å². The molecular weight excluding hydrogens is 491 g/mol. The number of hydrogen-bond donors (Lipinski definition) is 6. The molecule has 2 aliphatic carbocycles. The number of hydrazine groups is 1. The SMILES string of the molecule is CC(C)(CNC(=O)CCC1NC(C2CC(Cl)CC(Cl)C2)NO1)CNC1NNC(=O)C2CCCCC12. The van der Waals surface area contributed by atoms with Crippen LogP contribution in [-0.4, -0.2) is 54.2 Å². The Morgan fingerprint density at radius 1 is 1.11 bits per heavy atom. The first-order valence-corrected chi connectivity index (χ1v) is 14.1. The highest BCUT2D eigenvalue weighted by Crippen LogP contribution is 2.35. The maximum Gasteiger partial charge on any atom is 0.237 e. The maximum absolute atomic E-state index is 12.5. The molecule has 4 aliphatic rings. The van der Waals surface area contributed by atoms with E-state index in [1.54, 1.807) is 0 Å². The molecule has 35 heavy (non-hydrogen) atoms. The van der Waals surface area contributed by atoms with Gasteiger partial charge in [0.2, 0.25) is 11.8 Å². The van der Waals surface area contributed by atoms with Crippen LogP contribution in [0, 0.1) is 23.2 Å². The van der Waals surface area contributed by atoms with Gasteiger partial charge in [0, 0.05) is 42.1 Å². The third kappa shape index (κ3) is 7.66. The summed E-state index contributed by atoms with van der Waals surface area (Å²) in [7, 11) is 0. The van der Waals surface area contributed by atoms with Gasteiger partial charge >= 0.3 is 0 Å². The van der Waals surface area contributed by atoms with E-state index < -0.39 is 0 Å². The Morgan fingerprint density at radius 2 is 1.86 bits per heavy atom. The third-order valence-corrected chi connectivity index (χ3v) is 8.65. The summed E-state index contributed by atoms with van der Waals surface area (Å²) in [6.07, 6.45) is 7.81. The van der Waals surface area contributed by atoms with Gasteiger partial charge in [0.1, 0.15) is 6.23 Å². The topological polar surface area (TPSA) is 116 Å². The van der Waals surface area contributed by atoms with Crippen molar-refractivity contribution in [2.45, 2.75) is 101 Å². The molecule has 0 aromatic rings. The summed E-state index contributed by atoms with van der Waals surface area (Å²) in [5, 5.41) is 10.3. The van der Waals surface area contributed by atoms with E-state index in [9.17, 15) is 9.59 Å². The van der Waals surface area contributed by atoms with Crippen LogP contribution in [0.4, 0.5) is 0 Å². The van der Waals surface area contributed by atoms with Crippen molar-refractivity contribution < 1.29 is 14.4 Å². The van der Waals surface area contributed by atoms with Gasteiger partial charge in [-0.05, 0) is 49.9 Å². The molecule has 2 aliphatic heterocycles. The van der Waals surface area contributed by atoms with Crippen LogP contribution in [0.5, 0.6) is 0 Å². The zero-order valence-electron chi connectivity index (χ0n) is 20.9. The van der Waals surface area contributed by atoms with E-state index in [0.29, 0.717) is 31.2 Å². The second kappa shape index (κ2) is 12.2. The summed E-state index contributed by atoms with van der Waals surface area (Å²) in [4.78, 5) is 30.3. The average molecular weight is 534 g/mol. The van der Waals surface area contributed by atoms with Crippen LogP contribution in [0.15, 0.2) is 0 Å². The van der Waals surface area contributed by atoms with Crippen molar-refractivity contribution in [1.82, 2.24) is 32.3 Å². The van der Waals surface area contributed by atoms with E-state index in [-0.39, 0.29) is 52.5 Å². The van der Waals surface area contributed by atoms with E-state index in [2.05, 4.69) is 46.1 Å². The second-order valence-corrected chi connectivity index (χ2v) is 12.8. The lowest BCUT2D eigenvalue weighted by molar-refractivity contribution is -0.134. The van der Waals surface area contributed by atoms with Crippen molar-refractivity contribution in [2.75, 3.05) is 13.1 Å². The predicted octanol–water partition coefficient (Wildman–Crippen LogP) is 2.06. The van der Waals surface area contributed by atoms with E-state index in [1.165, 1.54) is 6.42 Å². The second-order valence-electron chi connectivity index (χ2n) is 11.6. The molecule has 2 saturated heterocycles. The summed E-state index contributed by atoms with van der Waals surface area (Å²) in [5.74, 6) is 0.861. The fourth-order valence-corrected chi connectivity index (χ4v) is 6.85. The normalized spacial score (nSPS) is 38.0. The van der Waals surface area contributed by atoms with Gasteiger partial charge < -0.3 is 5.32 Å². The van der Waals surface area contributed by atoms with Crippen molar-refractivity contribution in [1.29, 1.82) is 0 Å². The van der Waals surface area contributed by atoms with Gasteiger partial charge in [-0.2, -0.15) is 5.48 Å². The van der Waals surface area contributed by atoms with E-state index >= 15 is 0 Å². The number of carbonyl (C=O) groups is 2. The van der Waals surface area contributed by atoms with Crippen molar-refractivity contribution in [2.24, 2.45) is 23.2 Å². The van der Waals surface area contributed by atoms with Crippen LogP contribution < -0.4 is 32.3 Å². The minimum absolute atomic E-state index is 0.0119. The van der Waals surface area contributed by atoms with Crippen LogP contribution in [0.1, 0.15) is 71.6 Å². The third-order valence-electron chi connectivity index (χ3n) is 7.94. The van der Waals surface area contributed by atoms with E-state index in [0.717, 1.165) is 45.1 Å². The summed E-state index contributed by atoms with van der Waals surface area (Å²) in [6.45, 7) is 5.57. The number of nitrogens with one attached hydrogen (secondary N) is 6. The van der Waals surface area contributed by atoms with E-state index in [1.807, 2.05) is 0 Å². The van der Waals surface area contributed by atoms with Gasteiger partial charge in [-0.1, -0.05) is 26.7 Å². The van der Waals surface area contributed by atoms with Gasteiger partial charge in [-0.3, -0.25) is 30.5 Å². The summed E-state index contributed by atoms with van der Waals surface area (Å²) >= 11 is 12.7. The molecule has 9 nitrogen and oxygen atoms in total. The molecular formula is C24H42Cl2N6O3. The van der Waals surface area contributed by atoms with Crippen molar-refractivity contribution in [3.05, 3.63) is 0 Å². The molecule has 2 amide bonds. The van der Waals surface area contributed by atoms with Crippen LogP contribution in [0.25, 0.3) is 0 Å². The van der Waals surface area contributed by atoms with Crippen molar-refractivity contribution >= 4 is 35.0 Å². The minimum Gasteiger partial charge on any atom is -0.356 e. The lowest BCUT2D eigenvalue weighted by Crippen LogP contribution is -2.65. The summed E-state index contributed by atoms with van der Waals surface area (Å²) < 4.78 is 0. The molecule has 2 heterocycles. The number of halogens is 2. The highest BCUT2D eigenvalue weighted by Gasteiger charge is 2.40. The Kier molecular flexibility index (Phi) is 9.57. The van der Waals surface area contributed by atoms with Gasteiger partial charge in [0.25, 0.3) is 0 Å². The molecule has 2 saturated carbocycles. The average Bonchev–Trinajstić information content (AvgIpc) is 3.30. The van der Waals surface area contributed by atoms with Gasteiger partial charge in [0.15, 0.2) is 0 Å². The molecule has 0 spiro atoms. The molecule has 0 aromatic carbocycles. The highest BCUT2D eigenvalue weighted by atomic mass is 35.5. The summed E-state index contributed by atoms with van der Waals surface area (Å²) in [5.41, 5.74) is 8.92. The Bertz CT molecular complexity index is 734. The van der Waals surface area contributed by atoms with Crippen LogP contribution >= 0.6 is 23.2 Å². The van der Waals surface area contributed by atoms with Gasteiger partial charge in [-0.15, -0.1) is 23.2 Å².